The molecule has 1 aliphatic heterocycles. The lowest BCUT2D eigenvalue weighted by Crippen LogP contribution is -2.12. The molecular formula is C19H18N2S. The number of hydrogen-bond acceptors (Lipinski definition) is 2. The van der Waals surface area contributed by atoms with Crippen molar-refractivity contribution in [1.29, 1.82) is 0 Å². The molecule has 0 radical (unpaired) electrons. The van der Waals surface area contributed by atoms with Crippen LogP contribution in [-0.2, 0) is 6.42 Å². The van der Waals surface area contributed by atoms with E-state index in [1.165, 1.54) is 38.2 Å². The minimum absolute atomic E-state index is 0.925. The highest BCUT2D eigenvalue weighted by Gasteiger charge is 2.20. The van der Waals surface area contributed by atoms with Gasteiger partial charge in [0.15, 0.2) is 0 Å². The van der Waals surface area contributed by atoms with Crippen molar-refractivity contribution in [2.75, 3.05) is 12.8 Å². The smallest absolute Gasteiger partial charge is 0.0509 e. The van der Waals surface area contributed by atoms with Crippen molar-refractivity contribution in [3.05, 3.63) is 60.2 Å². The molecule has 22 heavy (non-hydrogen) atoms. The molecule has 4 rings (SSSR count). The van der Waals surface area contributed by atoms with Gasteiger partial charge < -0.3 is 10.3 Å². The SMILES string of the molecule is C=C1NCCc2c(-c3ccccc3SC)[nH]c3cccc1c23. The predicted molar refractivity (Wildman–Crippen MR) is 96.3 cm³/mol. The highest BCUT2D eigenvalue weighted by Crippen LogP contribution is 2.38. The fourth-order valence-corrected chi connectivity index (χ4v) is 3.94. The van der Waals surface area contributed by atoms with E-state index in [1.54, 1.807) is 11.8 Å². The molecular weight excluding hydrogens is 288 g/mol. The predicted octanol–water partition coefficient (Wildman–Crippen LogP) is 4.67. The van der Waals surface area contributed by atoms with Gasteiger partial charge in [-0.15, -0.1) is 11.8 Å². The second-order valence-electron chi connectivity index (χ2n) is 5.56. The summed E-state index contributed by atoms with van der Waals surface area (Å²) in [5, 5.41) is 4.75. The molecule has 2 aromatic carbocycles. The molecule has 0 fully saturated rings. The molecule has 0 spiro atoms. The van der Waals surface area contributed by atoms with Crippen LogP contribution in [-0.4, -0.2) is 17.8 Å². The first-order chi connectivity index (χ1) is 10.8. The highest BCUT2D eigenvalue weighted by atomic mass is 32.2. The molecule has 0 saturated heterocycles. The maximum Gasteiger partial charge on any atom is 0.0509 e. The van der Waals surface area contributed by atoms with Crippen molar-refractivity contribution in [3.8, 4) is 11.3 Å². The molecule has 2 N–H and O–H groups in total. The number of thioether (sulfide) groups is 1. The topological polar surface area (TPSA) is 27.8 Å². The summed E-state index contributed by atoms with van der Waals surface area (Å²) < 4.78 is 0. The Morgan fingerprint density at radius 3 is 2.73 bits per heavy atom. The van der Waals surface area contributed by atoms with E-state index in [2.05, 4.69) is 65.6 Å². The second kappa shape index (κ2) is 5.25. The zero-order valence-corrected chi connectivity index (χ0v) is 13.4. The van der Waals surface area contributed by atoms with Crippen LogP contribution < -0.4 is 5.32 Å². The summed E-state index contributed by atoms with van der Waals surface area (Å²) >= 11 is 1.79. The molecule has 0 saturated carbocycles. The zero-order chi connectivity index (χ0) is 15.1. The van der Waals surface area contributed by atoms with Crippen LogP contribution in [0.3, 0.4) is 0 Å². The van der Waals surface area contributed by atoms with Gasteiger partial charge in [-0.05, 0) is 30.4 Å². The third kappa shape index (κ3) is 1.97. The zero-order valence-electron chi connectivity index (χ0n) is 12.6. The van der Waals surface area contributed by atoms with Crippen LogP contribution in [0.4, 0.5) is 0 Å². The first-order valence-electron chi connectivity index (χ1n) is 7.49. The lowest BCUT2D eigenvalue weighted by molar-refractivity contribution is 0.863. The average Bonchev–Trinajstić information content (AvgIpc) is 2.84. The van der Waals surface area contributed by atoms with Crippen molar-refractivity contribution in [2.45, 2.75) is 11.3 Å². The number of nitrogens with one attached hydrogen (secondary N) is 2. The van der Waals surface area contributed by atoms with Crippen LogP contribution in [0.5, 0.6) is 0 Å². The third-order valence-corrected chi connectivity index (χ3v) is 5.14. The molecule has 0 unspecified atom stereocenters. The molecule has 1 aromatic heterocycles. The van der Waals surface area contributed by atoms with E-state index in [0.29, 0.717) is 0 Å². The highest BCUT2D eigenvalue weighted by molar-refractivity contribution is 7.98. The molecule has 0 atom stereocenters. The Morgan fingerprint density at radius 2 is 1.86 bits per heavy atom. The van der Waals surface area contributed by atoms with Crippen LogP contribution in [0.25, 0.3) is 27.9 Å². The quantitative estimate of drug-likeness (QED) is 0.673. The fourth-order valence-electron chi connectivity index (χ4n) is 3.33. The van der Waals surface area contributed by atoms with Gasteiger partial charge in [-0.25, -0.2) is 0 Å². The van der Waals surface area contributed by atoms with Crippen molar-refractivity contribution < 1.29 is 0 Å². The van der Waals surface area contributed by atoms with Crippen molar-refractivity contribution in [2.24, 2.45) is 0 Å². The van der Waals surface area contributed by atoms with E-state index >= 15 is 0 Å². The van der Waals surface area contributed by atoms with E-state index in [4.69, 9.17) is 0 Å². The van der Waals surface area contributed by atoms with Crippen molar-refractivity contribution >= 4 is 28.4 Å². The second-order valence-corrected chi connectivity index (χ2v) is 6.41. The van der Waals surface area contributed by atoms with E-state index in [1.807, 2.05) is 0 Å². The summed E-state index contributed by atoms with van der Waals surface area (Å²) in [6.07, 6.45) is 3.14. The molecule has 3 aromatic rings. The third-order valence-electron chi connectivity index (χ3n) is 4.34. The molecule has 0 amide bonds. The summed E-state index contributed by atoms with van der Waals surface area (Å²) in [6.45, 7) is 5.11. The summed E-state index contributed by atoms with van der Waals surface area (Å²) in [7, 11) is 0. The number of benzene rings is 2. The number of H-pyrrole nitrogens is 1. The fraction of sp³-hybridized carbons (Fsp3) is 0.158. The van der Waals surface area contributed by atoms with Crippen molar-refractivity contribution in [1.82, 2.24) is 10.3 Å². The van der Waals surface area contributed by atoms with Gasteiger partial charge in [0.1, 0.15) is 0 Å². The minimum atomic E-state index is 0.925. The number of hydrogen-bond donors (Lipinski definition) is 2. The molecule has 0 aliphatic carbocycles. The number of aromatic nitrogens is 1. The van der Waals surface area contributed by atoms with Crippen LogP contribution in [0.2, 0.25) is 0 Å². The van der Waals surface area contributed by atoms with E-state index in [0.717, 1.165) is 18.7 Å². The largest absolute Gasteiger partial charge is 0.385 e. The first kappa shape index (κ1) is 13.5. The maximum absolute atomic E-state index is 4.18. The van der Waals surface area contributed by atoms with Gasteiger partial charge in [0.2, 0.25) is 0 Å². The number of aromatic amines is 1. The normalized spacial score (nSPS) is 14.0. The Morgan fingerprint density at radius 1 is 1.05 bits per heavy atom. The Balaban J connectivity index is 2.06. The molecule has 1 aliphatic rings. The van der Waals surface area contributed by atoms with Crippen LogP contribution in [0.1, 0.15) is 11.1 Å². The molecule has 2 nitrogen and oxygen atoms in total. The Kier molecular flexibility index (Phi) is 3.23. The van der Waals surface area contributed by atoms with E-state index < -0.39 is 0 Å². The van der Waals surface area contributed by atoms with Crippen LogP contribution in [0.15, 0.2) is 53.9 Å². The van der Waals surface area contributed by atoms with Gasteiger partial charge >= 0.3 is 0 Å². The van der Waals surface area contributed by atoms with Gasteiger partial charge in [0, 0.05) is 39.2 Å². The number of rotatable bonds is 2. The Labute approximate surface area is 134 Å². The van der Waals surface area contributed by atoms with Gasteiger partial charge in [-0.2, -0.15) is 0 Å². The van der Waals surface area contributed by atoms with Crippen LogP contribution >= 0.6 is 11.8 Å². The van der Waals surface area contributed by atoms with E-state index in [-0.39, 0.29) is 0 Å². The Bertz CT molecular complexity index is 876. The first-order valence-corrected chi connectivity index (χ1v) is 8.72. The van der Waals surface area contributed by atoms with Crippen molar-refractivity contribution in [3.63, 3.8) is 0 Å². The van der Waals surface area contributed by atoms with E-state index in [9.17, 15) is 0 Å². The van der Waals surface area contributed by atoms with Gasteiger partial charge in [-0.3, -0.25) is 0 Å². The molecule has 0 bridgehead atoms. The summed E-state index contributed by atoms with van der Waals surface area (Å²) in [5.74, 6) is 0. The summed E-state index contributed by atoms with van der Waals surface area (Å²) in [4.78, 5) is 4.96. The van der Waals surface area contributed by atoms with Gasteiger partial charge in [0.05, 0.1) is 5.69 Å². The maximum atomic E-state index is 4.18. The van der Waals surface area contributed by atoms with Gasteiger partial charge in [-0.1, -0.05) is 36.9 Å². The average molecular weight is 306 g/mol. The van der Waals surface area contributed by atoms with Gasteiger partial charge in [0.25, 0.3) is 0 Å². The summed E-state index contributed by atoms with van der Waals surface area (Å²) in [6, 6.07) is 15.0. The lowest BCUT2D eigenvalue weighted by atomic mass is 10.00. The molecule has 110 valence electrons. The standard InChI is InChI=1S/C19H18N2S/c1-12-13-7-5-8-16-18(13)15(10-11-20-12)19(21-16)14-6-3-4-9-17(14)22-2/h3-9,20-21H,1,10-11H2,2H3. The summed E-state index contributed by atoms with van der Waals surface area (Å²) in [5.41, 5.74) is 7.38. The lowest BCUT2D eigenvalue weighted by Gasteiger charge is -2.08. The molecule has 3 heteroatoms. The molecule has 2 heterocycles. The monoisotopic (exact) mass is 306 g/mol. The minimum Gasteiger partial charge on any atom is -0.385 e. The Hall–Kier alpha value is -2.13. The van der Waals surface area contributed by atoms with Crippen LogP contribution in [0, 0.1) is 0 Å².